The number of nitrogens with one attached hydrogen (secondary N) is 1. The van der Waals surface area contributed by atoms with Crippen LogP contribution in [0.5, 0.6) is 0 Å². The highest BCUT2D eigenvalue weighted by molar-refractivity contribution is 5.94. The van der Waals surface area contributed by atoms with Crippen molar-refractivity contribution >= 4 is 28.6 Å². The number of rotatable bonds is 8. The second-order valence-electron chi connectivity index (χ2n) is 9.60. The average molecular weight is 530 g/mol. The Bertz CT molecular complexity index is 1430. The van der Waals surface area contributed by atoms with Crippen LogP contribution in [0.25, 0.3) is 11.0 Å². The van der Waals surface area contributed by atoms with Gasteiger partial charge in [0.2, 0.25) is 0 Å². The molecule has 1 amide bonds. The molecule has 4 atom stereocenters. The summed E-state index contributed by atoms with van der Waals surface area (Å²) < 4.78 is 19.9. The summed E-state index contributed by atoms with van der Waals surface area (Å²) in [6.45, 7) is 3.37. The van der Waals surface area contributed by atoms with Crippen molar-refractivity contribution in [3.63, 3.8) is 0 Å². The zero-order chi connectivity index (χ0) is 27.4. The van der Waals surface area contributed by atoms with Crippen molar-refractivity contribution in [1.82, 2.24) is 9.55 Å². The smallest absolute Gasteiger partial charge is 0.303 e. The van der Waals surface area contributed by atoms with Gasteiger partial charge in [-0.3, -0.25) is 9.59 Å². The lowest BCUT2D eigenvalue weighted by Crippen LogP contribution is -2.32. The van der Waals surface area contributed by atoms with E-state index in [0.29, 0.717) is 18.7 Å². The molecule has 1 saturated heterocycles. The number of carbonyl (C=O) groups excluding carboxylic acids is 2. The molecule has 9 nitrogen and oxygen atoms in total. The Balaban J connectivity index is 1.35. The van der Waals surface area contributed by atoms with Gasteiger partial charge in [-0.2, -0.15) is 0 Å². The number of ether oxygens (including phenoxy) is 3. The van der Waals surface area contributed by atoms with Crippen LogP contribution in [0.1, 0.15) is 49.4 Å². The molecule has 1 aliphatic rings. The summed E-state index contributed by atoms with van der Waals surface area (Å²) in [5.74, 6) is -0.930. The number of para-hydroxylation sites is 2. The molecule has 2 N–H and O–H groups in total. The fourth-order valence-electron chi connectivity index (χ4n) is 4.68. The molecular formula is C30H31N3O6. The van der Waals surface area contributed by atoms with Gasteiger partial charge >= 0.3 is 5.97 Å². The van der Waals surface area contributed by atoms with Crippen LogP contribution in [0.15, 0.2) is 79.1 Å². The lowest BCUT2D eigenvalue weighted by molar-refractivity contribution is -0.252. The van der Waals surface area contributed by atoms with Gasteiger partial charge < -0.3 is 29.2 Å². The number of aliphatic hydroxyl groups is 1. The average Bonchev–Trinajstić information content (AvgIpc) is 3.35. The first-order chi connectivity index (χ1) is 18.9. The number of amides is 1. The minimum atomic E-state index is -0.898. The lowest BCUT2D eigenvalue weighted by Gasteiger charge is -2.36. The molecule has 0 aliphatic carbocycles. The van der Waals surface area contributed by atoms with Gasteiger partial charge in [0.15, 0.2) is 12.4 Å². The molecule has 1 fully saturated rings. The van der Waals surface area contributed by atoms with Gasteiger partial charge in [-0.1, -0.05) is 48.5 Å². The van der Waals surface area contributed by atoms with Crippen LogP contribution >= 0.6 is 0 Å². The molecule has 1 aliphatic heterocycles. The number of hydrogen-bond acceptors (Lipinski definition) is 7. The summed E-state index contributed by atoms with van der Waals surface area (Å²) in [5, 5.41) is 12.2. The molecule has 202 valence electrons. The third kappa shape index (κ3) is 6.34. The Morgan fingerprint density at radius 1 is 1.05 bits per heavy atom. The molecule has 0 spiro atoms. The first-order valence-electron chi connectivity index (χ1n) is 12.9. The van der Waals surface area contributed by atoms with Gasteiger partial charge in [-0.05, 0) is 42.3 Å². The number of carbonyl (C=O) groups is 2. The van der Waals surface area contributed by atoms with Gasteiger partial charge in [0.1, 0.15) is 0 Å². The van der Waals surface area contributed by atoms with Crippen molar-refractivity contribution in [3.8, 4) is 0 Å². The minimum absolute atomic E-state index is 0.0174. The summed E-state index contributed by atoms with van der Waals surface area (Å²) >= 11 is 0. The molecule has 0 radical (unpaired) electrons. The second kappa shape index (κ2) is 11.8. The molecule has 2 heterocycles. The van der Waals surface area contributed by atoms with Gasteiger partial charge in [0.05, 0.1) is 42.7 Å². The molecule has 3 aromatic carbocycles. The number of imidazole rings is 1. The fraction of sp³-hybridized carbons (Fsp3) is 0.300. The van der Waals surface area contributed by atoms with Crippen molar-refractivity contribution in [1.29, 1.82) is 0 Å². The molecule has 39 heavy (non-hydrogen) atoms. The lowest BCUT2D eigenvalue weighted by atomic mass is 10.00. The number of benzene rings is 3. The second-order valence-corrected chi connectivity index (χ2v) is 9.60. The van der Waals surface area contributed by atoms with Crippen molar-refractivity contribution in [2.45, 2.75) is 58.0 Å². The van der Waals surface area contributed by atoms with Crippen molar-refractivity contribution in [2.24, 2.45) is 0 Å². The van der Waals surface area contributed by atoms with E-state index in [2.05, 4.69) is 14.9 Å². The third-order valence-corrected chi connectivity index (χ3v) is 6.71. The van der Waals surface area contributed by atoms with E-state index in [9.17, 15) is 14.7 Å². The van der Waals surface area contributed by atoms with Gasteiger partial charge in [0, 0.05) is 24.6 Å². The van der Waals surface area contributed by atoms with Crippen LogP contribution in [0, 0.1) is 0 Å². The zero-order valence-corrected chi connectivity index (χ0v) is 21.8. The summed E-state index contributed by atoms with van der Waals surface area (Å²) in [6.07, 6.45) is 0.561. The number of fused-ring (bicyclic) bond motifs is 1. The Labute approximate surface area is 226 Å². The highest BCUT2D eigenvalue weighted by atomic mass is 16.7. The van der Waals surface area contributed by atoms with Crippen molar-refractivity contribution in [3.05, 3.63) is 95.8 Å². The Morgan fingerprint density at radius 2 is 1.77 bits per heavy atom. The molecule has 4 unspecified atom stereocenters. The Hall–Kier alpha value is -4.05. The van der Waals surface area contributed by atoms with Crippen LogP contribution in [0.4, 0.5) is 5.69 Å². The zero-order valence-electron chi connectivity index (χ0n) is 21.8. The molecule has 4 aromatic rings. The van der Waals surface area contributed by atoms with Gasteiger partial charge in [0.25, 0.3) is 5.91 Å². The van der Waals surface area contributed by atoms with E-state index < -0.39 is 24.3 Å². The molecule has 0 saturated carbocycles. The first kappa shape index (κ1) is 26.6. The number of hydrogen-bond donors (Lipinski definition) is 2. The standard InChI is InChI=1S/C30H31N3O6/c1-19(37-20(2)35)29(36)32-24-13-11-23(12-14-24)30-38-25(16-33-18-31-26-5-3-4-6-27(26)33)15-28(39-30)22-9-7-21(17-34)8-10-22/h3-14,18-19,25,28,30,34H,15-17H2,1-2H3,(H,32,36). The summed E-state index contributed by atoms with van der Waals surface area (Å²) in [6, 6.07) is 23.0. The maximum Gasteiger partial charge on any atom is 0.303 e. The summed E-state index contributed by atoms with van der Waals surface area (Å²) in [4.78, 5) is 28.0. The normalized spacial score (nSPS) is 19.9. The van der Waals surface area contributed by atoms with E-state index in [4.69, 9.17) is 14.2 Å². The molecular weight excluding hydrogens is 498 g/mol. The van der Waals surface area contributed by atoms with Gasteiger partial charge in [-0.15, -0.1) is 0 Å². The number of esters is 1. The van der Waals surface area contributed by atoms with Crippen molar-refractivity contribution in [2.75, 3.05) is 5.32 Å². The number of nitrogens with zero attached hydrogens (tertiary/aromatic N) is 2. The Kier molecular flexibility index (Phi) is 8.02. The Morgan fingerprint density at radius 3 is 2.49 bits per heavy atom. The van der Waals surface area contributed by atoms with E-state index in [1.165, 1.54) is 13.8 Å². The van der Waals surface area contributed by atoms with Crippen LogP contribution < -0.4 is 5.32 Å². The van der Waals surface area contributed by atoms with Crippen LogP contribution in [0.3, 0.4) is 0 Å². The molecule has 1 aromatic heterocycles. The van der Waals surface area contributed by atoms with Crippen LogP contribution in [-0.2, 0) is 37.0 Å². The third-order valence-electron chi connectivity index (χ3n) is 6.71. The summed E-state index contributed by atoms with van der Waals surface area (Å²) in [7, 11) is 0. The molecule has 0 bridgehead atoms. The number of anilines is 1. The van der Waals surface area contributed by atoms with Gasteiger partial charge in [-0.25, -0.2) is 4.98 Å². The quantitative estimate of drug-likeness (QED) is 0.319. The summed E-state index contributed by atoms with van der Waals surface area (Å²) in [5.41, 5.74) is 5.18. The van der Waals surface area contributed by atoms with E-state index in [1.54, 1.807) is 12.1 Å². The van der Waals surface area contributed by atoms with E-state index >= 15 is 0 Å². The molecule has 9 heteroatoms. The van der Waals surface area contributed by atoms with E-state index in [-0.39, 0.29) is 18.8 Å². The molecule has 5 rings (SSSR count). The monoisotopic (exact) mass is 529 g/mol. The predicted molar refractivity (Wildman–Crippen MR) is 144 cm³/mol. The van der Waals surface area contributed by atoms with E-state index in [0.717, 1.165) is 27.7 Å². The van der Waals surface area contributed by atoms with Crippen LogP contribution in [-0.4, -0.2) is 38.7 Å². The number of aromatic nitrogens is 2. The minimum Gasteiger partial charge on any atom is -0.453 e. The predicted octanol–water partition coefficient (Wildman–Crippen LogP) is 4.66. The highest BCUT2D eigenvalue weighted by Crippen LogP contribution is 2.38. The van der Waals surface area contributed by atoms with Crippen LogP contribution in [0.2, 0.25) is 0 Å². The highest BCUT2D eigenvalue weighted by Gasteiger charge is 2.32. The largest absolute Gasteiger partial charge is 0.453 e. The van der Waals surface area contributed by atoms with Crippen molar-refractivity contribution < 1.29 is 28.9 Å². The first-order valence-corrected chi connectivity index (χ1v) is 12.9. The fourth-order valence-corrected chi connectivity index (χ4v) is 4.68. The maximum atomic E-state index is 12.3. The SMILES string of the molecule is CC(=O)OC(C)C(=O)Nc1ccc(C2OC(Cn3cnc4ccccc43)CC(c3ccc(CO)cc3)O2)cc1. The topological polar surface area (TPSA) is 112 Å². The maximum absolute atomic E-state index is 12.3. The van der Waals surface area contributed by atoms with E-state index in [1.807, 2.05) is 67.0 Å². The number of aliphatic hydroxyl groups excluding tert-OH is 1.